The minimum absolute atomic E-state index is 0.258. The number of benzene rings is 1. The molecule has 2 aromatic heterocycles. The van der Waals surface area contributed by atoms with Crippen molar-refractivity contribution in [1.29, 1.82) is 0 Å². The Bertz CT molecular complexity index is 840. The highest BCUT2D eigenvalue weighted by Gasteiger charge is 2.19. The Labute approximate surface area is 126 Å². The third-order valence-corrected chi connectivity index (χ3v) is 3.36. The molecule has 7 heteroatoms. The lowest BCUT2D eigenvalue weighted by Crippen LogP contribution is -2.14. The quantitative estimate of drug-likeness (QED) is 0.788. The molecule has 0 radical (unpaired) electrons. The number of nitrogens with zero attached hydrogens (tertiary/aromatic N) is 3. The van der Waals surface area contributed by atoms with Crippen molar-refractivity contribution in [3.8, 4) is 22.8 Å². The highest BCUT2D eigenvalue weighted by Crippen LogP contribution is 2.30. The van der Waals surface area contributed by atoms with Gasteiger partial charge < -0.3 is 15.2 Å². The van der Waals surface area contributed by atoms with Crippen molar-refractivity contribution in [2.45, 2.75) is 0 Å². The molecule has 0 bridgehead atoms. The van der Waals surface area contributed by atoms with E-state index in [1.807, 2.05) is 24.3 Å². The average molecular weight is 298 g/mol. The van der Waals surface area contributed by atoms with Crippen LogP contribution in [0.1, 0.15) is 10.4 Å². The van der Waals surface area contributed by atoms with Crippen molar-refractivity contribution in [2.24, 2.45) is 5.73 Å². The van der Waals surface area contributed by atoms with Gasteiger partial charge in [-0.25, -0.2) is 9.50 Å². The molecule has 0 saturated carbocycles. The van der Waals surface area contributed by atoms with Gasteiger partial charge in [0.25, 0.3) is 5.91 Å². The zero-order valence-corrected chi connectivity index (χ0v) is 12.1. The van der Waals surface area contributed by atoms with Gasteiger partial charge in [-0.1, -0.05) is 0 Å². The van der Waals surface area contributed by atoms with E-state index in [4.69, 9.17) is 15.2 Å². The van der Waals surface area contributed by atoms with Gasteiger partial charge in [-0.15, -0.1) is 0 Å². The summed E-state index contributed by atoms with van der Waals surface area (Å²) in [5.41, 5.74) is 7.67. The van der Waals surface area contributed by atoms with E-state index in [0.29, 0.717) is 17.1 Å². The molecule has 0 saturated heterocycles. The van der Waals surface area contributed by atoms with Crippen LogP contribution in [0.4, 0.5) is 0 Å². The third kappa shape index (κ3) is 2.12. The number of methoxy groups -OCH3 is 2. The first kappa shape index (κ1) is 13.9. The first-order chi connectivity index (χ1) is 10.7. The number of hydrogen-bond donors (Lipinski definition) is 1. The van der Waals surface area contributed by atoms with Crippen LogP contribution >= 0.6 is 0 Å². The van der Waals surface area contributed by atoms with E-state index in [1.54, 1.807) is 17.7 Å². The molecular formula is C15H14N4O3. The summed E-state index contributed by atoms with van der Waals surface area (Å²) in [6, 6.07) is 9.03. The van der Waals surface area contributed by atoms with Gasteiger partial charge >= 0.3 is 0 Å². The smallest absolute Gasteiger partial charge is 0.252 e. The Kier molecular flexibility index (Phi) is 3.38. The van der Waals surface area contributed by atoms with E-state index < -0.39 is 5.91 Å². The van der Waals surface area contributed by atoms with Crippen LogP contribution in [-0.4, -0.2) is 34.7 Å². The van der Waals surface area contributed by atoms with Crippen molar-refractivity contribution in [1.82, 2.24) is 14.6 Å². The van der Waals surface area contributed by atoms with Crippen LogP contribution in [0.25, 0.3) is 16.9 Å². The summed E-state index contributed by atoms with van der Waals surface area (Å²) in [7, 11) is 3.06. The Hall–Kier alpha value is -3.09. The molecule has 0 unspecified atom stereocenters. The van der Waals surface area contributed by atoms with Gasteiger partial charge in [0.05, 0.1) is 25.5 Å². The second kappa shape index (κ2) is 5.36. The van der Waals surface area contributed by atoms with Gasteiger partial charge in [0.1, 0.15) is 12.1 Å². The van der Waals surface area contributed by atoms with Gasteiger partial charge in [-0.2, -0.15) is 5.10 Å². The van der Waals surface area contributed by atoms with Crippen molar-refractivity contribution in [3.63, 3.8) is 0 Å². The van der Waals surface area contributed by atoms with Crippen molar-refractivity contribution in [2.75, 3.05) is 14.2 Å². The minimum Gasteiger partial charge on any atom is -0.497 e. The molecule has 112 valence electrons. The van der Waals surface area contributed by atoms with Crippen LogP contribution in [0.2, 0.25) is 0 Å². The number of hydrogen-bond acceptors (Lipinski definition) is 5. The third-order valence-electron chi connectivity index (χ3n) is 3.36. The van der Waals surface area contributed by atoms with Gasteiger partial charge in [-0.05, 0) is 30.3 Å². The maximum atomic E-state index is 11.7. The summed E-state index contributed by atoms with van der Waals surface area (Å²) in [6.07, 6.45) is 1.40. The molecule has 22 heavy (non-hydrogen) atoms. The summed E-state index contributed by atoms with van der Waals surface area (Å²) in [4.78, 5) is 15.8. The van der Waals surface area contributed by atoms with Crippen LogP contribution in [0.3, 0.4) is 0 Å². The minimum atomic E-state index is -0.586. The molecule has 0 atom stereocenters. The number of pyridine rings is 1. The predicted octanol–water partition coefficient (Wildman–Crippen LogP) is 1.51. The van der Waals surface area contributed by atoms with Crippen LogP contribution in [0, 0.1) is 0 Å². The topological polar surface area (TPSA) is 91.7 Å². The number of ether oxygens (including phenoxy) is 2. The summed E-state index contributed by atoms with van der Waals surface area (Å²) in [6.45, 7) is 0. The molecule has 3 rings (SSSR count). The number of rotatable bonds is 4. The van der Waals surface area contributed by atoms with Crippen molar-refractivity contribution in [3.05, 3.63) is 42.2 Å². The summed E-state index contributed by atoms with van der Waals surface area (Å²) >= 11 is 0. The van der Waals surface area contributed by atoms with Crippen LogP contribution in [0.5, 0.6) is 11.5 Å². The Morgan fingerprint density at radius 3 is 2.50 bits per heavy atom. The fourth-order valence-electron chi connectivity index (χ4n) is 2.31. The number of carbonyl (C=O) groups excluding carboxylic acids is 1. The molecule has 0 aliphatic carbocycles. The average Bonchev–Trinajstić information content (AvgIpc) is 3.02. The Morgan fingerprint density at radius 2 is 1.91 bits per heavy atom. The maximum Gasteiger partial charge on any atom is 0.252 e. The Balaban J connectivity index is 2.28. The fourth-order valence-corrected chi connectivity index (χ4v) is 2.31. The normalized spacial score (nSPS) is 10.6. The highest BCUT2D eigenvalue weighted by molar-refractivity contribution is 5.99. The maximum absolute atomic E-state index is 11.7. The number of aromatic nitrogens is 3. The van der Waals surface area contributed by atoms with Gasteiger partial charge in [0.15, 0.2) is 11.4 Å². The molecule has 0 spiro atoms. The number of fused-ring (bicyclic) bond motifs is 1. The van der Waals surface area contributed by atoms with Crippen molar-refractivity contribution < 1.29 is 14.3 Å². The standard InChI is InChI=1S/C15H14N4O3/c1-21-10-5-3-9(4-6-10)12-7-11(14(16)20)13(22-2)15-17-8-18-19(12)15/h3-8H,1-2H3,(H2,16,20). The molecule has 1 aromatic carbocycles. The number of nitrogens with two attached hydrogens (primary N) is 1. The molecule has 2 heterocycles. The first-order valence-electron chi connectivity index (χ1n) is 6.50. The zero-order chi connectivity index (χ0) is 15.7. The van der Waals surface area contributed by atoms with Crippen molar-refractivity contribution >= 4 is 11.6 Å². The number of primary amides is 1. The number of amides is 1. The monoisotopic (exact) mass is 298 g/mol. The second-order valence-electron chi connectivity index (χ2n) is 4.56. The number of carbonyl (C=O) groups is 1. The molecule has 3 aromatic rings. The predicted molar refractivity (Wildman–Crippen MR) is 80.0 cm³/mol. The van der Waals surface area contributed by atoms with Crippen LogP contribution in [-0.2, 0) is 0 Å². The van der Waals surface area contributed by atoms with E-state index in [2.05, 4.69) is 10.1 Å². The molecule has 2 N–H and O–H groups in total. The molecule has 7 nitrogen and oxygen atoms in total. The van der Waals surface area contributed by atoms with E-state index in [9.17, 15) is 4.79 Å². The second-order valence-corrected chi connectivity index (χ2v) is 4.56. The van der Waals surface area contributed by atoms with E-state index in [1.165, 1.54) is 13.4 Å². The van der Waals surface area contributed by atoms with Gasteiger partial charge in [0, 0.05) is 5.56 Å². The lowest BCUT2D eigenvalue weighted by Gasteiger charge is -2.11. The zero-order valence-electron chi connectivity index (χ0n) is 12.1. The van der Waals surface area contributed by atoms with Crippen LogP contribution in [0.15, 0.2) is 36.7 Å². The molecule has 0 aliphatic heterocycles. The van der Waals surface area contributed by atoms with Crippen LogP contribution < -0.4 is 15.2 Å². The van der Waals surface area contributed by atoms with E-state index in [0.717, 1.165) is 11.3 Å². The lowest BCUT2D eigenvalue weighted by molar-refractivity contribution is 0.0997. The fraction of sp³-hybridized carbons (Fsp3) is 0.133. The summed E-state index contributed by atoms with van der Waals surface area (Å²) in [5, 5.41) is 4.19. The van der Waals surface area contributed by atoms with E-state index in [-0.39, 0.29) is 5.56 Å². The Morgan fingerprint density at radius 1 is 1.18 bits per heavy atom. The van der Waals surface area contributed by atoms with E-state index >= 15 is 0 Å². The largest absolute Gasteiger partial charge is 0.497 e. The molecule has 0 aliphatic rings. The summed E-state index contributed by atoms with van der Waals surface area (Å²) in [5.74, 6) is 0.460. The SMILES string of the molecule is COc1ccc(-c2cc(C(N)=O)c(OC)c3ncnn23)cc1. The van der Waals surface area contributed by atoms with Gasteiger partial charge in [0.2, 0.25) is 0 Å². The highest BCUT2D eigenvalue weighted by atomic mass is 16.5. The lowest BCUT2D eigenvalue weighted by atomic mass is 10.1. The first-order valence-corrected chi connectivity index (χ1v) is 6.50. The molecule has 1 amide bonds. The summed E-state index contributed by atoms with van der Waals surface area (Å²) < 4.78 is 12.0. The molecule has 0 fully saturated rings. The van der Waals surface area contributed by atoms with Gasteiger partial charge in [-0.3, -0.25) is 4.79 Å². The molecular weight excluding hydrogens is 284 g/mol.